The van der Waals surface area contributed by atoms with Gasteiger partial charge in [-0.15, -0.1) is 0 Å². The molecule has 3 aromatic rings. The van der Waals surface area contributed by atoms with Gasteiger partial charge < -0.3 is 5.73 Å². The van der Waals surface area contributed by atoms with E-state index in [-0.39, 0.29) is 6.04 Å². The SMILES string of the molecule is Cc1cccc(C(N)c2ccn(-c3ccccc3)n2)c1C. The van der Waals surface area contributed by atoms with Crippen LogP contribution < -0.4 is 5.73 Å². The number of rotatable bonds is 3. The second-order valence-corrected chi connectivity index (χ2v) is 5.29. The molecule has 1 heterocycles. The third-order valence-corrected chi connectivity index (χ3v) is 3.93. The third-order valence-electron chi connectivity index (χ3n) is 3.93. The summed E-state index contributed by atoms with van der Waals surface area (Å²) in [5.41, 5.74) is 11.9. The molecule has 3 nitrogen and oxygen atoms in total. The van der Waals surface area contributed by atoms with Crippen LogP contribution in [0, 0.1) is 13.8 Å². The number of nitrogens with two attached hydrogens (primary N) is 1. The molecule has 1 atom stereocenters. The zero-order chi connectivity index (χ0) is 14.8. The van der Waals surface area contributed by atoms with Crippen molar-refractivity contribution in [2.24, 2.45) is 5.73 Å². The quantitative estimate of drug-likeness (QED) is 0.795. The highest BCUT2D eigenvalue weighted by molar-refractivity contribution is 5.39. The zero-order valence-electron chi connectivity index (χ0n) is 12.3. The summed E-state index contributed by atoms with van der Waals surface area (Å²) in [6.45, 7) is 4.22. The van der Waals surface area contributed by atoms with Crippen molar-refractivity contribution in [3.05, 3.63) is 83.2 Å². The van der Waals surface area contributed by atoms with Gasteiger partial charge in [0.25, 0.3) is 0 Å². The van der Waals surface area contributed by atoms with E-state index in [0.29, 0.717) is 0 Å². The molecule has 0 saturated carbocycles. The van der Waals surface area contributed by atoms with Crippen LogP contribution in [0.15, 0.2) is 60.8 Å². The molecular weight excluding hydrogens is 258 g/mol. The van der Waals surface area contributed by atoms with Crippen LogP contribution in [-0.4, -0.2) is 9.78 Å². The van der Waals surface area contributed by atoms with E-state index in [4.69, 9.17) is 5.73 Å². The molecule has 0 aliphatic rings. The van der Waals surface area contributed by atoms with E-state index in [2.05, 4.69) is 31.1 Å². The average molecular weight is 277 g/mol. The lowest BCUT2D eigenvalue weighted by atomic mass is 9.96. The van der Waals surface area contributed by atoms with Crippen molar-refractivity contribution in [2.45, 2.75) is 19.9 Å². The van der Waals surface area contributed by atoms with Crippen molar-refractivity contribution < 1.29 is 0 Å². The van der Waals surface area contributed by atoms with Crippen LogP contribution in [0.1, 0.15) is 28.4 Å². The molecule has 21 heavy (non-hydrogen) atoms. The van der Waals surface area contributed by atoms with Crippen LogP contribution in [0.3, 0.4) is 0 Å². The molecule has 0 spiro atoms. The van der Waals surface area contributed by atoms with Gasteiger partial charge in [-0.25, -0.2) is 4.68 Å². The van der Waals surface area contributed by atoms with Crippen molar-refractivity contribution in [3.63, 3.8) is 0 Å². The van der Waals surface area contributed by atoms with Crippen LogP contribution in [0.5, 0.6) is 0 Å². The minimum atomic E-state index is -0.199. The van der Waals surface area contributed by atoms with E-state index in [1.807, 2.05) is 53.3 Å². The van der Waals surface area contributed by atoms with Gasteiger partial charge in [0.2, 0.25) is 0 Å². The lowest BCUT2D eigenvalue weighted by molar-refractivity contribution is 0.768. The Bertz CT molecular complexity index is 744. The molecule has 0 fully saturated rings. The summed E-state index contributed by atoms with van der Waals surface area (Å²) in [4.78, 5) is 0. The van der Waals surface area contributed by atoms with E-state index in [9.17, 15) is 0 Å². The lowest BCUT2D eigenvalue weighted by Gasteiger charge is -2.14. The van der Waals surface area contributed by atoms with Crippen LogP contribution >= 0.6 is 0 Å². The number of aryl methyl sites for hydroxylation is 1. The second-order valence-electron chi connectivity index (χ2n) is 5.29. The van der Waals surface area contributed by atoms with Crippen molar-refractivity contribution in [2.75, 3.05) is 0 Å². The fourth-order valence-electron chi connectivity index (χ4n) is 2.50. The van der Waals surface area contributed by atoms with Crippen molar-refractivity contribution in [1.82, 2.24) is 9.78 Å². The summed E-state index contributed by atoms with van der Waals surface area (Å²) < 4.78 is 1.86. The minimum absolute atomic E-state index is 0.199. The maximum Gasteiger partial charge on any atom is 0.0841 e. The smallest absolute Gasteiger partial charge is 0.0841 e. The first-order valence-electron chi connectivity index (χ1n) is 7.09. The molecule has 1 unspecified atom stereocenters. The number of benzene rings is 2. The molecule has 2 aromatic carbocycles. The number of nitrogens with zero attached hydrogens (tertiary/aromatic N) is 2. The molecule has 3 rings (SSSR count). The molecule has 1 aromatic heterocycles. The van der Waals surface area contributed by atoms with Gasteiger partial charge in [0.1, 0.15) is 0 Å². The van der Waals surface area contributed by atoms with Crippen LogP contribution in [0.2, 0.25) is 0 Å². The van der Waals surface area contributed by atoms with Gasteiger partial charge in [-0.2, -0.15) is 5.10 Å². The Balaban J connectivity index is 1.95. The first-order valence-corrected chi connectivity index (χ1v) is 7.09. The zero-order valence-corrected chi connectivity index (χ0v) is 12.3. The number of para-hydroxylation sites is 1. The lowest BCUT2D eigenvalue weighted by Crippen LogP contribution is -2.14. The highest BCUT2D eigenvalue weighted by Crippen LogP contribution is 2.23. The van der Waals surface area contributed by atoms with Gasteiger partial charge >= 0.3 is 0 Å². The largest absolute Gasteiger partial charge is 0.319 e. The van der Waals surface area contributed by atoms with Crippen LogP contribution in [-0.2, 0) is 0 Å². The molecule has 0 aliphatic carbocycles. The van der Waals surface area contributed by atoms with Crippen molar-refractivity contribution >= 4 is 0 Å². The average Bonchev–Trinajstić information content (AvgIpc) is 3.00. The summed E-state index contributed by atoms with van der Waals surface area (Å²) in [6.07, 6.45) is 1.95. The second kappa shape index (κ2) is 5.54. The molecule has 106 valence electrons. The highest BCUT2D eigenvalue weighted by atomic mass is 15.3. The Kier molecular flexibility index (Phi) is 3.59. The van der Waals surface area contributed by atoms with E-state index < -0.39 is 0 Å². The Labute approximate surface area is 125 Å². The summed E-state index contributed by atoms with van der Waals surface area (Å²) in [6, 6.07) is 18.1. The van der Waals surface area contributed by atoms with E-state index in [1.165, 1.54) is 11.1 Å². The Morgan fingerprint density at radius 3 is 2.48 bits per heavy atom. The molecule has 0 radical (unpaired) electrons. The van der Waals surface area contributed by atoms with Gasteiger partial charge in [0.15, 0.2) is 0 Å². The van der Waals surface area contributed by atoms with Crippen molar-refractivity contribution in [3.8, 4) is 5.69 Å². The minimum Gasteiger partial charge on any atom is -0.319 e. The third kappa shape index (κ3) is 2.60. The molecule has 0 bridgehead atoms. The van der Waals surface area contributed by atoms with Gasteiger partial charge in [-0.3, -0.25) is 0 Å². The summed E-state index contributed by atoms with van der Waals surface area (Å²) in [5, 5.41) is 4.62. The van der Waals surface area contributed by atoms with Crippen molar-refractivity contribution in [1.29, 1.82) is 0 Å². The normalized spacial score (nSPS) is 12.3. The van der Waals surface area contributed by atoms with Gasteiger partial charge in [0, 0.05) is 6.20 Å². The number of hydrogen-bond donors (Lipinski definition) is 1. The van der Waals surface area contributed by atoms with Crippen LogP contribution in [0.4, 0.5) is 0 Å². The number of hydrogen-bond acceptors (Lipinski definition) is 2. The number of aromatic nitrogens is 2. The molecule has 0 saturated heterocycles. The fraction of sp³-hybridized carbons (Fsp3) is 0.167. The first-order chi connectivity index (χ1) is 10.2. The Morgan fingerprint density at radius 1 is 0.952 bits per heavy atom. The van der Waals surface area contributed by atoms with E-state index >= 15 is 0 Å². The fourth-order valence-corrected chi connectivity index (χ4v) is 2.50. The molecule has 0 amide bonds. The topological polar surface area (TPSA) is 43.8 Å². The molecule has 2 N–H and O–H groups in total. The molecule has 0 aliphatic heterocycles. The monoisotopic (exact) mass is 277 g/mol. The summed E-state index contributed by atoms with van der Waals surface area (Å²) in [7, 11) is 0. The summed E-state index contributed by atoms with van der Waals surface area (Å²) >= 11 is 0. The first kappa shape index (κ1) is 13.6. The predicted octanol–water partition coefficient (Wildman–Crippen LogP) is 3.54. The summed E-state index contributed by atoms with van der Waals surface area (Å²) in [5.74, 6) is 0. The van der Waals surface area contributed by atoms with E-state index in [0.717, 1.165) is 16.9 Å². The van der Waals surface area contributed by atoms with Gasteiger partial charge in [-0.1, -0.05) is 36.4 Å². The predicted molar refractivity (Wildman–Crippen MR) is 85.5 cm³/mol. The van der Waals surface area contributed by atoms with Gasteiger partial charge in [0.05, 0.1) is 17.4 Å². The van der Waals surface area contributed by atoms with Gasteiger partial charge in [-0.05, 0) is 48.7 Å². The molecule has 3 heteroatoms. The maximum absolute atomic E-state index is 6.40. The Hall–Kier alpha value is -2.39. The van der Waals surface area contributed by atoms with Crippen LogP contribution in [0.25, 0.3) is 5.69 Å². The molecular formula is C18H19N3. The standard InChI is InChI=1S/C18H19N3/c1-13-7-6-10-16(14(13)2)18(19)17-11-12-21(20-17)15-8-4-3-5-9-15/h3-12,18H,19H2,1-2H3. The Morgan fingerprint density at radius 2 is 1.71 bits per heavy atom. The van der Waals surface area contributed by atoms with E-state index in [1.54, 1.807) is 0 Å². The highest BCUT2D eigenvalue weighted by Gasteiger charge is 2.15. The maximum atomic E-state index is 6.40.